The molecular formula is C16H14F5NO2S. The summed E-state index contributed by atoms with van der Waals surface area (Å²) in [5.74, 6) is -3.13. The second kappa shape index (κ2) is 6.72. The quantitative estimate of drug-likeness (QED) is 0.802. The van der Waals surface area contributed by atoms with Gasteiger partial charge in [-0.3, -0.25) is 0 Å². The molecule has 0 spiro atoms. The number of nitrogens with one attached hydrogen (secondary N) is 1. The van der Waals surface area contributed by atoms with Crippen molar-refractivity contribution in [1.29, 1.82) is 0 Å². The lowest BCUT2D eigenvalue weighted by atomic mass is 9.93. The summed E-state index contributed by atoms with van der Waals surface area (Å²) in [6.45, 7) is 0.681. The summed E-state index contributed by atoms with van der Waals surface area (Å²) in [5, 5.41) is 0. The highest BCUT2D eigenvalue weighted by atomic mass is 32.2. The van der Waals surface area contributed by atoms with Gasteiger partial charge in [0, 0.05) is 11.6 Å². The van der Waals surface area contributed by atoms with Gasteiger partial charge in [-0.05, 0) is 18.6 Å². The standard InChI is InChI=1S/C16H14F5NO2S/c1-15(16(19,20)21,12-5-3-2-4-6-12)22-25(23,24)10-11-7-8-13(17)9-14(11)18/h2-9,22H,10H2,1H3/t15-/m1/s1. The summed E-state index contributed by atoms with van der Waals surface area (Å²) in [5.41, 5.74) is -3.65. The fourth-order valence-electron chi connectivity index (χ4n) is 2.24. The van der Waals surface area contributed by atoms with Gasteiger partial charge in [-0.1, -0.05) is 36.4 Å². The average molecular weight is 379 g/mol. The highest BCUT2D eigenvalue weighted by molar-refractivity contribution is 7.88. The van der Waals surface area contributed by atoms with E-state index in [-0.39, 0.29) is 5.56 Å². The molecule has 2 aromatic carbocycles. The van der Waals surface area contributed by atoms with E-state index in [4.69, 9.17) is 0 Å². The SMILES string of the molecule is C[C@@](NS(=O)(=O)Cc1ccc(F)cc1F)(c1ccccc1)C(F)(F)F. The van der Waals surface area contributed by atoms with Gasteiger partial charge in [0.25, 0.3) is 0 Å². The van der Waals surface area contributed by atoms with E-state index in [2.05, 4.69) is 0 Å². The summed E-state index contributed by atoms with van der Waals surface area (Å²) in [4.78, 5) is 0. The fraction of sp³-hybridized carbons (Fsp3) is 0.250. The summed E-state index contributed by atoms with van der Waals surface area (Å²) in [7, 11) is -4.59. The van der Waals surface area contributed by atoms with E-state index in [1.165, 1.54) is 18.2 Å². The third-order valence-electron chi connectivity index (χ3n) is 3.64. The third kappa shape index (κ3) is 4.35. The number of hydrogen-bond donors (Lipinski definition) is 1. The van der Waals surface area contributed by atoms with Crippen LogP contribution in [0.1, 0.15) is 18.1 Å². The molecule has 0 saturated heterocycles. The summed E-state index contributed by atoms with van der Waals surface area (Å²) < 4.78 is 93.1. The smallest absolute Gasteiger partial charge is 0.212 e. The Balaban J connectivity index is 2.38. The summed E-state index contributed by atoms with van der Waals surface area (Å²) >= 11 is 0. The van der Waals surface area contributed by atoms with Crippen LogP contribution in [0.2, 0.25) is 0 Å². The maximum absolute atomic E-state index is 13.6. The Kier molecular flexibility index (Phi) is 5.19. The molecular weight excluding hydrogens is 365 g/mol. The molecule has 0 saturated carbocycles. The first-order chi connectivity index (χ1) is 11.4. The Morgan fingerprint density at radius 3 is 2.12 bits per heavy atom. The van der Waals surface area contributed by atoms with Gasteiger partial charge < -0.3 is 0 Å². The number of halogens is 5. The van der Waals surface area contributed by atoms with Gasteiger partial charge in [-0.25, -0.2) is 17.2 Å². The van der Waals surface area contributed by atoms with Crippen molar-refractivity contribution in [2.24, 2.45) is 0 Å². The van der Waals surface area contributed by atoms with E-state index < -0.39 is 44.7 Å². The zero-order valence-corrected chi connectivity index (χ0v) is 13.8. The number of benzene rings is 2. The molecule has 0 amide bonds. The summed E-state index contributed by atoms with van der Waals surface area (Å²) in [6, 6.07) is 8.60. The van der Waals surface area contributed by atoms with Crippen LogP contribution in [0.25, 0.3) is 0 Å². The predicted molar refractivity (Wildman–Crippen MR) is 82.0 cm³/mol. The first-order valence-corrected chi connectivity index (χ1v) is 8.68. The minimum absolute atomic E-state index is 0.314. The van der Waals surface area contributed by atoms with Crippen molar-refractivity contribution in [2.75, 3.05) is 0 Å². The first-order valence-electron chi connectivity index (χ1n) is 7.02. The van der Waals surface area contributed by atoms with E-state index in [9.17, 15) is 30.4 Å². The molecule has 0 aliphatic heterocycles. The molecule has 2 rings (SSSR count). The second-order valence-electron chi connectivity index (χ2n) is 5.59. The Hall–Kier alpha value is -2.00. The first kappa shape index (κ1) is 19.3. The van der Waals surface area contributed by atoms with Gasteiger partial charge in [0.1, 0.15) is 11.6 Å². The second-order valence-corrected chi connectivity index (χ2v) is 7.31. The molecule has 0 aliphatic rings. The molecule has 1 N–H and O–H groups in total. The Morgan fingerprint density at radius 2 is 1.60 bits per heavy atom. The Labute approximate surface area is 141 Å². The molecule has 0 unspecified atom stereocenters. The maximum Gasteiger partial charge on any atom is 0.411 e. The Morgan fingerprint density at radius 1 is 1.00 bits per heavy atom. The van der Waals surface area contributed by atoms with Gasteiger partial charge >= 0.3 is 6.18 Å². The minimum atomic E-state index is -4.94. The normalized spacial score (nSPS) is 15.0. The number of sulfonamides is 1. The molecule has 0 fully saturated rings. The molecule has 2 aromatic rings. The van der Waals surface area contributed by atoms with E-state index in [1.807, 2.05) is 0 Å². The zero-order valence-electron chi connectivity index (χ0n) is 12.9. The van der Waals surface area contributed by atoms with Gasteiger partial charge in [0.2, 0.25) is 10.0 Å². The molecule has 136 valence electrons. The molecule has 0 bridgehead atoms. The number of hydrogen-bond acceptors (Lipinski definition) is 2. The van der Waals surface area contributed by atoms with Crippen molar-refractivity contribution in [2.45, 2.75) is 24.4 Å². The van der Waals surface area contributed by atoms with Crippen molar-refractivity contribution < 1.29 is 30.4 Å². The van der Waals surface area contributed by atoms with Crippen molar-refractivity contribution in [3.8, 4) is 0 Å². The monoisotopic (exact) mass is 379 g/mol. The van der Waals surface area contributed by atoms with Gasteiger partial charge in [-0.2, -0.15) is 17.9 Å². The highest BCUT2D eigenvalue weighted by Gasteiger charge is 2.54. The minimum Gasteiger partial charge on any atom is -0.212 e. The van der Waals surface area contributed by atoms with Crippen LogP contribution in [-0.2, 0) is 21.3 Å². The van der Waals surface area contributed by atoms with Crippen molar-refractivity contribution in [3.63, 3.8) is 0 Å². The lowest BCUT2D eigenvalue weighted by Gasteiger charge is -2.33. The molecule has 25 heavy (non-hydrogen) atoms. The molecule has 3 nitrogen and oxygen atoms in total. The maximum atomic E-state index is 13.6. The molecule has 0 heterocycles. The van der Waals surface area contributed by atoms with Crippen molar-refractivity contribution in [3.05, 3.63) is 71.3 Å². The lowest BCUT2D eigenvalue weighted by Crippen LogP contribution is -2.54. The van der Waals surface area contributed by atoms with E-state index >= 15 is 0 Å². The van der Waals surface area contributed by atoms with Crippen LogP contribution in [0.4, 0.5) is 22.0 Å². The largest absolute Gasteiger partial charge is 0.411 e. The fourth-order valence-corrected chi connectivity index (χ4v) is 3.81. The van der Waals surface area contributed by atoms with Crippen molar-refractivity contribution in [1.82, 2.24) is 4.72 Å². The molecule has 0 aliphatic carbocycles. The van der Waals surface area contributed by atoms with Gasteiger partial charge in [-0.15, -0.1) is 0 Å². The van der Waals surface area contributed by atoms with E-state index in [1.54, 1.807) is 4.72 Å². The van der Waals surface area contributed by atoms with E-state index in [0.29, 0.717) is 13.0 Å². The van der Waals surface area contributed by atoms with Crippen molar-refractivity contribution >= 4 is 10.0 Å². The summed E-state index contributed by atoms with van der Waals surface area (Å²) in [6.07, 6.45) is -4.94. The van der Waals surface area contributed by atoms with Crippen LogP contribution < -0.4 is 4.72 Å². The van der Waals surface area contributed by atoms with E-state index in [0.717, 1.165) is 24.3 Å². The molecule has 0 radical (unpaired) electrons. The predicted octanol–water partition coefficient (Wildman–Crippen LogP) is 3.86. The molecule has 0 aromatic heterocycles. The van der Waals surface area contributed by atoms with Crippen LogP contribution in [0.3, 0.4) is 0 Å². The Bertz CT molecular complexity index is 853. The lowest BCUT2D eigenvalue weighted by molar-refractivity contribution is -0.189. The zero-order chi connectivity index (χ0) is 18.9. The third-order valence-corrected chi connectivity index (χ3v) is 5.05. The van der Waals surface area contributed by atoms with Crippen LogP contribution in [0.15, 0.2) is 48.5 Å². The van der Waals surface area contributed by atoms with Crippen LogP contribution >= 0.6 is 0 Å². The van der Waals surface area contributed by atoms with Crippen LogP contribution in [0.5, 0.6) is 0 Å². The van der Waals surface area contributed by atoms with Gasteiger partial charge in [0.15, 0.2) is 5.54 Å². The molecule has 9 heteroatoms. The average Bonchev–Trinajstić information content (AvgIpc) is 2.49. The highest BCUT2D eigenvalue weighted by Crippen LogP contribution is 2.39. The number of alkyl halides is 3. The number of rotatable bonds is 5. The topological polar surface area (TPSA) is 46.2 Å². The van der Waals surface area contributed by atoms with Crippen LogP contribution in [0, 0.1) is 11.6 Å². The van der Waals surface area contributed by atoms with Gasteiger partial charge in [0.05, 0.1) is 5.75 Å². The molecule has 1 atom stereocenters. The van der Waals surface area contributed by atoms with Crippen LogP contribution in [-0.4, -0.2) is 14.6 Å².